The third kappa shape index (κ3) is 4.27. The Labute approximate surface area is 123 Å². The number of anilines is 1. The third-order valence-corrected chi connectivity index (χ3v) is 2.75. The van der Waals surface area contributed by atoms with E-state index in [2.05, 4.69) is 32.7 Å². The number of carbonyl (C=O) groups excluding carboxylic acids is 1. The second-order valence-corrected chi connectivity index (χ2v) is 4.72. The number of carbonyl (C=O) groups is 1. The van der Waals surface area contributed by atoms with Gasteiger partial charge in [-0.1, -0.05) is 12.1 Å². The molecule has 112 valence electrons. The molecule has 0 fully saturated rings. The molecule has 0 saturated heterocycles. The van der Waals surface area contributed by atoms with E-state index in [9.17, 15) is 4.79 Å². The second-order valence-electron chi connectivity index (χ2n) is 4.72. The molecule has 7 heteroatoms. The first kappa shape index (κ1) is 15.0. The number of aryl methyl sites for hydroxylation is 2. The first-order valence-corrected chi connectivity index (χ1v) is 6.88. The topological polar surface area (TPSA) is 92.9 Å². The molecule has 2 N–H and O–H groups in total. The molecule has 1 amide bonds. The highest BCUT2D eigenvalue weighted by Crippen LogP contribution is 2.10. The fourth-order valence-electron chi connectivity index (χ4n) is 1.82. The number of pyridine rings is 1. The van der Waals surface area contributed by atoms with E-state index in [-0.39, 0.29) is 12.5 Å². The van der Waals surface area contributed by atoms with Crippen LogP contribution in [0, 0.1) is 13.8 Å². The molecule has 2 heterocycles. The lowest BCUT2D eigenvalue weighted by Crippen LogP contribution is -2.23. The number of hydrogen-bond acceptors (Lipinski definition) is 6. The minimum absolute atomic E-state index is 0.192. The molecule has 2 rings (SSSR count). The summed E-state index contributed by atoms with van der Waals surface area (Å²) in [4.78, 5) is 20.5. The molecule has 0 atom stereocenters. The standard InChI is InChI=1S/C14H19N5O2/c1-4-5-15-12-7-11(6-9(2)17-12)14(20)16-8-13-18-10(3)21-19-13/h6-7H,4-5,8H2,1-3H3,(H,15,17)(H,16,20). The maximum Gasteiger partial charge on any atom is 0.251 e. The van der Waals surface area contributed by atoms with Crippen molar-refractivity contribution in [3.05, 3.63) is 35.1 Å². The van der Waals surface area contributed by atoms with Crippen LogP contribution in [-0.4, -0.2) is 27.6 Å². The van der Waals surface area contributed by atoms with Gasteiger partial charge in [0, 0.05) is 24.7 Å². The molecule has 2 aromatic rings. The predicted octanol–water partition coefficient (Wildman–Crippen LogP) is 1.83. The molecule has 21 heavy (non-hydrogen) atoms. The highest BCUT2D eigenvalue weighted by atomic mass is 16.5. The van der Waals surface area contributed by atoms with Crippen molar-refractivity contribution in [3.63, 3.8) is 0 Å². The summed E-state index contributed by atoms with van der Waals surface area (Å²) in [5, 5.41) is 9.67. The van der Waals surface area contributed by atoms with Crippen molar-refractivity contribution in [2.24, 2.45) is 0 Å². The van der Waals surface area contributed by atoms with Crippen LogP contribution >= 0.6 is 0 Å². The highest BCUT2D eigenvalue weighted by molar-refractivity contribution is 5.94. The summed E-state index contributed by atoms with van der Waals surface area (Å²) in [5.74, 6) is 1.45. The molecule has 0 aliphatic rings. The first-order valence-electron chi connectivity index (χ1n) is 6.88. The van der Waals surface area contributed by atoms with E-state index >= 15 is 0 Å². The number of nitrogens with zero attached hydrogens (tertiary/aromatic N) is 3. The summed E-state index contributed by atoms with van der Waals surface area (Å²) in [6.07, 6.45) is 0.994. The van der Waals surface area contributed by atoms with Crippen LogP contribution in [0.1, 0.15) is 41.1 Å². The number of nitrogens with one attached hydrogen (secondary N) is 2. The van der Waals surface area contributed by atoms with E-state index in [4.69, 9.17) is 4.52 Å². The zero-order valence-corrected chi connectivity index (χ0v) is 12.4. The van der Waals surface area contributed by atoms with E-state index < -0.39 is 0 Å². The van der Waals surface area contributed by atoms with Crippen LogP contribution in [0.4, 0.5) is 5.82 Å². The number of aromatic nitrogens is 3. The van der Waals surface area contributed by atoms with Gasteiger partial charge in [0.15, 0.2) is 5.82 Å². The zero-order valence-electron chi connectivity index (χ0n) is 12.4. The zero-order chi connectivity index (χ0) is 15.2. The van der Waals surface area contributed by atoms with Gasteiger partial charge >= 0.3 is 0 Å². The summed E-state index contributed by atoms with van der Waals surface area (Å²) in [6.45, 7) is 6.69. The highest BCUT2D eigenvalue weighted by Gasteiger charge is 2.10. The third-order valence-electron chi connectivity index (χ3n) is 2.75. The van der Waals surface area contributed by atoms with Crippen molar-refractivity contribution in [1.82, 2.24) is 20.4 Å². The summed E-state index contributed by atoms with van der Waals surface area (Å²) in [5.41, 5.74) is 1.35. The largest absolute Gasteiger partial charge is 0.370 e. The normalized spacial score (nSPS) is 10.4. The summed E-state index contributed by atoms with van der Waals surface area (Å²) >= 11 is 0. The SMILES string of the molecule is CCCNc1cc(C(=O)NCc2noc(C)n2)cc(C)n1. The van der Waals surface area contributed by atoms with Crippen LogP contribution in [0.5, 0.6) is 0 Å². The fraction of sp³-hybridized carbons (Fsp3) is 0.429. The Morgan fingerprint density at radius 1 is 1.29 bits per heavy atom. The Morgan fingerprint density at radius 3 is 2.76 bits per heavy atom. The van der Waals surface area contributed by atoms with Crippen LogP contribution in [0.15, 0.2) is 16.7 Å². The van der Waals surface area contributed by atoms with Gasteiger partial charge in [0.05, 0.1) is 6.54 Å². The van der Waals surface area contributed by atoms with E-state index in [0.29, 0.717) is 23.1 Å². The van der Waals surface area contributed by atoms with Gasteiger partial charge in [-0.2, -0.15) is 4.98 Å². The average Bonchev–Trinajstić information content (AvgIpc) is 2.87. The first-order chi connectivity index (χ1) is 10.1. The minimum atomic E-state index is -0.192. The maximum absolute atomic E-state index is 12.2. The number of hydrogen-bond donors (Lipinski definition) is 2. The Balaban J connectivity index is 2.02. The van der Waals surface area contributed by atoms with Crippen molar-refractivity contribution >= 4 is 11.7 Å². The van der Waals surface area contributed by atoms with Crippen LogP contribution in [0.25, 0.3) is 0 Å². The second kappa shape index (κ2) is 6.83. The van der Waals surface area contributed by atoms with E-state index in [1.165, 1.54) is 0 Å². The van der Waals surface area contributed by atoms with Gasteiger partial charge in [0.2, 0.25) is 5.89 Å². The van der Waals surface area contributed by atoms with Gasteiger partial charge in [-0.15, -0.1) is 0 Å². The van der Waals surface area contributed by atoms with Crippen molar-refractivity contribution < 1.29 is 9.32 Å². The van der Waals surface area contributed by atoms with Gasteiger partial charge in [0.1, 0.15) is 5.82 Å². The molecule has 0 aromatic carbocycles. The van der Waals surface area contributed by atoms with Crippen molar-refractivity contribution in [3.8, 4) is 0 Å². The molecule has 0 bridgehead atoms. The number of rotatable bonds is 6. The monoisotopic (exact) mass is 289 g/mol. The van der Waals surface area contributed by atoms with Crippen molar-refractivity contribution in [1.29, 1.82) is 0 Å². The van der Waals surface area contributed by atoms with Crippen LogP contribution < -0.4 is 10.6 Å². The summed E-state index contributed by atoms with van der Waals surface area (Å²) in [6, 6.07) is 3.48. The lowest BCUT2D eigenvalue weighted by atomic mass is 10.2. The van der Waals surface area contributed by atoms with Gasteiger partial charge < -0.3 is 15.2 Å². The van der Waals surface area contributed by atoms with Gasteiger partial charge in [-0.3, -0.25) is 4.79 Å². The van der Waals surface area contributed by atoms with Crippen LogP contribution in [0.3, 0.4) is 0 Å². The lowest BCUT2D eigenvalue weighted by Gasteiger charge is -2.08. The Hall–Kier alpha value is -2.44. The average molecular weight is 289 g/mol. The molecule has 0 saturated carbocycles. The van der Waals surface area contributed by atoms with E-state index in [1.54, 1.807) is 19.1 Å². The maximum atomic E-state index is 12.2. The minimum Gasteiger partial charge on any atom is -0.370 e. The van der Waals surface area contributed by atoms with Crippen molar-refractivity contribution in [2.45, 2.75) is 33.7 Å². The molecule has 0 aliphatic heterocycles. The van der Waals surface area contributed by atoms with Gasteiger partial charge in [0.25, 0.3) is 5.91 Å². The molecule has 0 radical (unpaired) electrons. The molecular weight excluding hydrogens is 270 g/mol. The summed E-state index contributed by atoms with van der Waals surface area (Å²) in [7, 11) is 0. The van der Waals surface area contributed by atoms with Crippen LogP contribution in [-0.2, 0) is 6.54 Å². The van der Waals surface area contributed by atoms with E-state index in [1.807, 2.05) is 6.92 Å². The number of amides is 1. The molecule has 0 aliphatic carbocycles. The fourth-order valence-corrected chi connectivity index (χ4v) is 1.82. The molecule has 0 unspecified atom stereocenters. The van der Waals surface area contributed by atoms with Gasteiger partial charge in [-0.05, 0) is 25.5 Å². The quantitative estimate of drug-likeness (QED) is 0.842. The molecular formula is C14H19N5O2. The van der Waals surface area contributed by atoms with Crippen LogP contribution in [0.2, 0.25) is 0 Å². The summed E-state index contributed by atoms with van der Waals surface area (Å²) < 4.78 is 4.85. The lowest BCUT2D eigenvalue weighted by molar-refractivity contribution is 0.0949. The Bertz CT molecular complexity index is 624. The van der Waals surface area contributed by atoms with E-state index in [0.717, 1.165) is 18.7 Å². The Kier molecular flexibility index (Phi) is 4.86. The molecule has 7 nitrogen and oxygen atoms in total. The smallest absolute Gasteiger partial charge is 0.251 e. The van der Waals surface area contributed by atoms with Gasteiger partial charge in [-0.25, -0.2) is 4.98 Å². The predicted molar refractivity (Wildman–Crippen MR) is 78.0 cm³/mol. The van der Waals surface area contributed by atoms with Crippen molar-refractivity contribution in [2.75, 3.05) is 11.9 Å². The molecule has 2 aromatic heterocycles. The molecule has 0 spiro atoms. The Morgan fingerprint density at radius 2 is 2.10 bits per heavy atom.